The number of thiazole rings is 1. The van der Waals surface area contributed by atoms with Crippen LogP contribution in [0.1, 0.15) is 11.4 Å². The third-order valence-electron chi connectivity index (χ3n) is 2.73. The van der Waals surface area contributed by atoms with Crippen LogP contribution < -0.4 is 17.0 Å². The molecule has 0 saturated carbocycles. The summed E-state index contributed by atoms with van der Waals surface area (Å²) in [5.74, 6) is 6.02. The zero-order valence-corrected chi connectivity index (χ0v) is 12.5. The van der Waals surface area contributed by atoms with Crippen LogP contribution in [0.5, 0.6) is 0 Å². The number of nitrogens with zero attached hydrogens (tertiary/aromatic N) is 5. The van der Waals surface area contributed by atoms with Crippen molar-refractivity contribution in [3.8, 4) is 0 Å². The first kappa shape index (κ1) is 13.8. The van der Waals surface area contributed by atoms with E-state index in [9.17, 15) is 9.59 Å². The van der Waals surface area contributed by atoms with Crippen molar-refractivity contribution in [2.24, 2.45) is 0 Å². The van der Waals surface area contributed by atoms with Crippen LogP contribution in [0.25, 0.3) is 4.96 Å². The Balaban J connectivity index is 1.88. The maximum Gasteiger partial charge on any atom is 0.294 e. The maximum absolute atomic E-state index is 11.9. The number of hydrogen-bond acceptors (Lipinski definition) is 8. The lowest BCUT2D eigenvalue weighted by atomic mass is 10.4. The fourth-order valence-corrected chi connectivity index (χ4v) is 3.15. The Hall–Kier alpha value is -2.20. The molecule has 0 radical (unpaired) electrons. The van der Waals surface area contributed by atoms with Gasteiger partial charge in [-0.1, -0.05) is 11.8 Å². The van der Waals surface area contributed by atoms with Crippen LogP contribution in [0, 0.1) is 6.92 Å². The van der Waals surface area contributed by atoms with Crippen molar-refractivity contribution in [2.45, 2.75) is 17.8 Å². The molecule has 2 N–H and O–H groups in total. The molecule has 3 aromatic rings. The molecule has 0 amide bonds. The molecule has 3 heterocycles. The summed E-state index contributed by atoms with van der Waals surface area (Å²) in [6.45, 7) is 1.54. The molecule has 0 spiro atoms. The Kier molecular flexibility index (Phi) is 3.47. The van der Waals surface area contributed by atoms with Crippen molar-refractivity contribution in [1.82, 2.24) is 24.3 Å². The van der Waals surface area contributed by atoms with Crippen molar-refractivity contribution in [3.63, 3.8) is 0 Å². The molecule has 10 heteroatoms. The Morgan fingerprint density at radius 2 is 2.19 bits per heavy atom. The largest absolute Gasteiger partial charge is 0.334 e. The number of rotatable bonds is 3. The van der Waals surface area contributed by atoms with E-state index in [1.54, 1.807) is 18.5 Å². The van der Waals surface area contributed by atoms with Gasteiger partial charge in [-0.25, -0.2) is 4.98 Å². The van der Waals surface area contributed by atoms with Gasteiger partial charge in [0.2, 0.25) is 5.16 Å². The second kappa shape index (κ2) is 5.30. The molecule has 0 saturated heterocycles. The molecule has 3 aromatic heterocycles. The number of aromatic nitrogens is 5. The van der Waals surface area contributed by atoms with Gasteiger partial charge in [0.1, 0.15) is 5.69 Å². The summed E-state index contributed by atoms with van der Waals surface area (Å²) >= 11 is 2.58. The van der Waals surface area contributed by atoms with Gasteiger partial charge in [0.15, 0.2) is 4.96 Å². The molecule has 0 fully saturated rings. The van der Waals surface area contributed by atoms with Crippen LogP contribution in [0.3, 0.4) is 0 Å². The topological polar surface area (TPSA) is 108 Å². The summed E-state index contributed by atoms with van der Waals surface area (Å²) in [5.41, 5.74) is 0.298. The molecular weight excluding hydrogens is 312 g/mol. The fourth-order valence-electron chi connectivity index (χ4n) is 1.67. The van der Waals surface area contributed by atoms with Gasteiger partial charge >= 0.3 is 0 Å². The van der Waals surface area contributed by atoms with Crippen LogP contribution in [0.2, 0.25) is 0 Å². The molecule has 108 valence electrons. The van der Waals surface area contributed by atoms with Crippen LogP contribution in [0.4, 0.5) is 0 Å². The molecular formula is C11H10N6O2S2. The Bertz CT molecular complexity index is 928. The van der Waals surface area contributed by atoms with E-state index >= 15 is 0 Å². The summed E-state index contributed by atoms with van der Waals surface area (Å²) in [6, 6.07) is 1.45. The van der Waals surface area contributed by atoms with Crippen molar-refractivity contribution in [2.75, 3.05) is 5.84 Å². The van der Waals surface area contributed by atoms with E-state index in [0.717, 1.165) is 4.68 Å². The molecule has 8 nitrogen and oxygen atoms in total. The average molecular weight is 322 g/mol. The van der Waals surface area contributed by atoms with Gasteiger partial charge in [0.05, 0.1) is 5.69 Å². The average Bonchev–Trinajstić information content (AvgIpc) is 2.93. The highest BCUT2D eigenvalue weighted by molar-refractivity contribution is 7.98. The third kappa shape index (κ3) is 2.54. The van der Waals surface area contributed by atoms with E-state index in [4.69, 9.17) is 5.84 Å². The van der Waals surface area contributed by atoms with Crippen molar-refractivity contribution in [3.05, 3.63) is 49.7 Å². The van der Waals surface area contributed by atoms with Gasteiger partial charge in [0, 0.05) is 23.4 Å². The number of aryl methyl sites for hydroxylation is 1. The number of fused-ring (bicyclic) bond motifs is 1. The fraction of sp³-hybridized carbons (Fsp3) is 0.182. The normalized spacial score (nSPS) is 11.1. The first-order valence-corrected chi connectivity index (χ1v) is 7.73. The first-order valence-electron chi connectivity index (χ1n) is 5.86. The minimum absolute atomic E-state index is 0.142. The van der Waals surface area contributed by atoms with Crippen molar-refractivity contribution in [1.29, 1.82) is 0 Å². The smallest absolute Gasteiger partial charge is 0.294 e. The van der Waals surface area contributed by atoms with E-state index < -0.39 is 5.56 Å². The van der Waals surface area contributed by atoms with Crippen LogP contribution in [-0.2, 0) is 5.75 Å². The third-order valence-corrected chi connectivity index (χ3v) is 4.46. The molecule has 21 heavy (non-hydrogen) atoms. The Morgan fingerprint density at radius 1 is 1.38 bits per heavy atom. The zero-order chi connectivity index (χ0) is 15.0. The second-order valence-corrected chi connectivity index (χ2v) is 5.99. The highest BCUT2D eigenvalue weighted by Gasteiger charge is 2.09. The van der Waals surface area contributed by atoms with Crippen molar-refractivity contribution < 1.29 is 0 Å². The van der Waals surface area contributed by atoms with Gasteiger partial charge in [-0.15, -0.1) is 21.5 Å². The molecule has 0 bridgehead atoms. The molecule has 0 aliphatic heterocycles. The lowest BCUT2D eigenvalue weighted by Crippen LogP contribution is -2.32. The number of hydrogen-bond donors (Lipinski definition) is 1. The predicted molar refractivity (Wildman–Crippen MR) is 80.1 cm³/mol. The standard InChI is InChI=1S/C11H10N6O2S2/c1-6-9(19)17(12)11(15-14-6)21-5-7-4-8(18)16-2-3-20-10(16)13-7/h2-4H,5,12H2,1H3. The van der Waals surface area contributed by atoms with Gasteiger partial charge < -0.3 is 5.84 Å². The van der Waals surface area contributed by atoms with Crippen LogP contribution in [0.15, 0.2) is 32.4 Å². The van der Waals surface area contributed by atoms with Gasteiger partial charge in [-0.3, -0.25) is 14.0 Å². The maximum atomic E-state index is 11.9. The van der Waals surface area contributed by atoms with E-state index in [1.165, 1.54) is 33.6 Å². The van der Waals surface area contributed by atoms with Gasteiger partial charge in [0.25, 0.3) is 11.1 Å². The lowest BCUT2D eigenvalue weighted by molar-refractivity contribution is 0.681. The van der Waals surface area contributed by atoms with E-state index in [0.29, 0.717) is 16.4 Å². The Morgan fingerprint density at radius 3 is 3.00 bits per heavy atom. The zero-order valence-electron chi connectivity index (χ0n) is 10.9. The summed E-state index contributed by atoms with van der Waals surface area (Å²) in [4.78, 5) is 28.5. The molecule has 0 aliphatic carbocycles. The summed E-state index contributed by atoms with van der Waals surface area (Å²) in [6.07, 6.45) is 1.68. The monoisotopic (exact) mass is 322 g/mol. The molecule has 0 unspecified atom stereocenters. The number of nitrogens with two attached hydrogens (primary N) is 1. The number of thioether (sulfide) groups is 1. The van der Waals surface area contributed by atoms with Crippen LogP contribution >= 0.6 is 23.1 Å². The first-order chi connectivity index (χ1) is 10.1. The SMILES string of the molecule is Cc1nnc(SCc2cc(=O)n3ccsc3n2)n(N)c1=O. The summed E-state index contributed by atoms with van der Waals surface area (Å²) < 4.78 is 2.42. The summed E-state index contributed by atoms with van der Waals surface area (Å²) in [7, 11) is 0. The van der Waals surface area contributed by atoms with Gasteiger partial charge in [-0.05, 0) is 6.92 Å². The van der Waals surface area contributed by atoms with E-state index in [-0.39, 0.29) is 16.4 Å². The minimum atomic E-state index is -0.394. The van der Waals surface area contributed by atoms with Crippen molar-refractivity contribution >= 4 is 28.1 Å². The predicted octanol–water partition coefficient (Wildman–Crippen LogP) is 0.0222. The molecule has 0 atom stereocenters. The quantitative estimate of drug-likeness (QED) is 0.535. The van der Waals surface area contributed by atoms with E-state index in [1.807, 2.05) is 0 Å². The second-order valence-electron chi connectivity index (χ2n) is 4.17. The van der Waals surface area contributed by atoms with Crippen LogP contribution in [-0.4, -0.2) is 24.3 Å². The van der Waals surface area contributed by atoms with E-state index in [2.05, 4.69) is 15.2 Å². The lowest BCUT2D eigenvalue weighted by Gasteiger charge is -2.05. The molecule has 3 rings (SSSR count). The molecule has 0 aromatic carbocycles. The summed E-state index contributed by atoms with van der Waals surface area (Å²) in [5, 5.41) is 9.69. The Labute approximate surface area is 126 Å². The highest BCUT2D eigenvalue weighted by atomic mass is 32.2. The minimum Gasteiger partial charge on any atom is -0.334 e. The highest BCUT2D eigenvalue weighted by Crippen LogP contribution is 2.17. The van der Waals surface area contributed by atoms with Gasteiger partial charge in [-0.2, -0.15) is 4.68 Å². The number of nitrogen functional groups attached to an aromatic ring is 1. The molecule has 0 aliphatic rings.